The lowest BCUT2D eigenvalue weighted by molar-refractivity contribution is -0.137. The smallest absolute Gasteiger partial charge is 0.331 e. The van der Waals surface area contributed by atoms with Crippen LogP contribution in [0.25, 0.3) is 22.0 Å². The summed E-state index contributed by atoms with van der Waals surface area (Å²) in [5, 5.41) is 1.09. The molecular formula is C17H18N2O2. The van der Waals surface area contributed by atoms with Crippen LogP contribution in [-0.4, -0.2) is 22.1 Å². The maximum atomic E-state index is 11.7. The standard InChI is InChI=1S/C17H18N2O2/c1-4-21-16(20)9-12-6-8-19-14-5-7-18-17(11(2)3)13(14)10-15(12)19/h5,7,9-10H,2,4,6,8H2,1,3H3. The molecule has 0 spiro atoms. The zero-order valence-electron chi connectivity index (χ0n) is 12.3. The number of rotatable bonds is 3. The lowest BCUT2D eigenvalue weighted by atomic mass is 10.1. The first-order valence-corrected chi connectivity index (χ1v) is 7.13. The minimum absolute atomic E-state index is 0.274. The quantitative estimate of drug-likeness (QED) is 0.640. The van der Waals surface area contributed by atoms with Crippen LogP contribution in [0.15, 0.2) is 31.0 Å². The number of carbonyl (C=O) groups is 1. The second kappa shape index (κ2) is 5.20. The summed E-state index contributed by atoms with van der Waals surface area (Å²) in [5.41, 5.74) is 5.11. The van der Waals surface area contributed by atoms with E-state index < -0.39 is 0 Å². The predicted molar refractivity (Wildman–Crippen MR) is 83.7 cm³/mol. The van der Waals surface area contributed by atoms with Gasteiger partial charge in [0, 0.05) is 29.9 Å². The molecule has 0 aliphatic carbocycles. The average Bonchev–Trinajstić information content (AvgIpc) is 2.98. The lowest BCUT2D eigenvalue weighted by Crippen LogP contribution is -2.00. The van der Waals surface area contributed by atoms with E-state index in [-0.39, 0.29) is 5.97 Å². The molecule has 0 saturated carbocycles. The SMILES string of the molecule is C=C(C)c1nccc2c1cc1n2CCC1=CC(=O)OCC. The molecule has 1 aliphatic heterocycles. The molecule has 3 heterocycles. The van der Waals surface area contributed by atoms with E-state index in [1.807, 2.05) is 26.1 Å². The number of fused-ring (bicyclic) bond motifs is 3. The van der Waals surface area contributed by atoms with Gasteiger partial charge in [0.05, 0.1) is 17.8 Å². The fraction of sp³-hybridized carbons (Fsp3) is 0.294. The Bertz CT molecular complexity index is 768. The Morgan fingerprint density at radius 3 is 3.10 bits per heavy atom. The van der Waals surface area contributed by atoms with Gasteiger partial charge in [0.15, 0.2) is 0 Å². The Labute approximate surface area is 123 Å². The van der Waals surface area contributed by atoms with E-state index >= 15 is 0 Å². The molecule has 1 aliphatic rings. The number of aryl methyl sites for hydroxylation is 1. The monoisotopic (exact) mass is 282 g/mol. The number of hydrogen-bond acceptors (Lipinski definition) is 3. The summed E-state index contributed by atoms with van der Waals surface area (Å²) in [7, 11) is 0. The molecule has 0 N–H and O–H groups in total. The van der Waals surface area contributed by atoms with Gasteiger partial charge in [-0.15, -0.1) is 0 Å². The van der Waals surface area contributed by atoms with Crippen molar-refractivity contribution in [2.45, 2.75) is 26.8 Å². The van der Waals surface area contributed by atoms with E-state index in [0.29, 0.717) is 6.61 Å². The Morgan fingerprint density at radius 2 is 2.38 bits per heavy atom. The Morgan fingerprint density at radius 1 is 1.57 bits per heavy atom. The van der Waals surface area contributed by atoms with Crippen LogP contribution in [0.1, 0.15) is 31.7 Å². The minimum Gasteiger partial charge on any atom is -0.463 e. The summed E-state index contributed by atoms with van der Waals surface area (Å²) in [6, 6.07) is 4.11. The number of carbonyl (C=O) groups excluding carboxylic acids is 1. The number of aromatic nitrogens is 2. The second-order valence-electron chi connectivity index (χ2n) is 5.23. The van der Waals surface area contributed by atoms with Crippen LogP contribution >= 0.6 is 0 Å². The van der Waals surface area contributed by atoms with Gasteiger partial charge in [0.1, 0.15) is 0 Å². The summed E-state index contributed by atoms with van der Waals surface area (Å²) in [5.74, 6) is -0.274. The summed E-state index contributed by atoms with van der Waals surface area (Å²) in [4.78, 5) is 16.1. The van der Waals surface area contributed by atoms with Crippen molar-refractivity contribution in [3.8, 4) is 0 Å². The van der Waals surface area contributed by atoms with Gasteiger partial charge in [0.2, 0.25) is 0 Å². The summed E-state index contributed by atoms with van der Waals surface area (Å²) < 4.78 is 7.23. The normalized spacial score (nSPS) is 15.4. The van der Waals surface area contributed by atoms with Gasteiger partial charge in [-0.2, -0.15) is 0 Å². The first-order chi connectivity index (χ1) is 10.1. The van der Waals surface area contributed by atoms with Crippen LogP contribution in [-0.2, 0) is 16.1 Å². The highest BCUT2D eigenvalue weighted by molar-refractivity contribution is 5.97. The molecular weight excluding hydrogens is 264 g/mol. The molecule has 0 atom stereocenters. The zero-order valence-corrected chi connectivity index (χ0v) is 12.3. The highest BCUT2D eigenvalue weighted by atomic mass is 16.5. The molecule has 0 fully saturated rings. The molecule has 2 aromatic rings. The molecule has 4 heteroatoms. The van der Waals surface area contributed by atoms with Gasteiger partial charge in [-0.3, -0.25) is 4.98 Å². The average molecular weight is 282 g/mol. The fourth-order valence-electron chi connectivity index (χ4n) is 2.86. The van der Waals surface area contributed by atoms with Crippen molar-refractivity contribution < 1.29 is 9.53 Å². The topological polar surface area (TPSA) is 44.1 Å². The summed E-state index contributed by atoms with van der Waals surface area (Å²) in [6.07, 6.45) is 4.27. The molecule has 108 valence electrons. The van der Waals surface area contributed by atoms with Crippen LogP contribution in [0.5, 0.6) is 0 Å². The minimum atomic E-state index is -0.274. The van der Waals surface area contributed by atoms with Gasteiger partial charge in [-0.05, 0) is 43.5 Å². The molecule has 0 radical (unpaired) electrons. The molecule has 0 saturated heterocycles. The Kier molecular flexibility index (Phi) is 3.37. The van der Waals surface area contributed by atoms with Gasteiger partial charge >= 0.3 is 5.97 Å². The van der Waals surface area contributed by atoms with Gasteiger partial charge in [-0.25, -0.2) is 4.79 Å². The Hall–Kier alpha value is -2.36. The van der Waals surface area contributed by atoms with Crippen molar-refractivity contribution in [1.82, 2.24) is 9.55 Å². The zero-order chi connectivity index (χ0) is 15.0. The van der Waals surface area contributed by atoms with Crippen LogP contribution in [0, 0.1) is 0 Å². The van der Waals surface area contributed by atoms with E-state index in [9.17, 15) is 4.79 Å². The van der Waals surface area contributed by atoms with Gasteiger partial charge < -0.3 is 9.30 Å². The molecule has 0 bridgehead atoms. The van der Waals surface area contributed by atoms with Crippen molar-refractivity contribution in [2.24, 2.45) is 0 Å². The maximum Gasteiger partial charge on any atom is 0.331 e. The van der Waals surface area contributed by atoms with E-state index in [1.165, 1.54) is 0 Å². The number of hydrogen-bond donors (Lipinski definition) is 0. The molecule has 2 aromatic heterocycles. The van der Waals surface area contributed by atoms with Crippen molar-refractivity contribution in [2.75, 3.05) is 6.61 Å². The van der Waals surface area contributed by atoms with Crippen LogP contribution < -0.4 is 0 Å². The van der Waals surface area contributed by atoms with Crippen LogP contribution in [0.4, 0.5) is 0 Å². The molecule has 3 rings (SSSR count). The predicted octanol–water partition coefficient (Wildman–Crippen LogP) is 3.42. The molecule has 0 unspecified atom stereocenters. The summed E-state index contributed by atoms with van der Waals surface area (Å²) in [6.45, 7) is 9.04. The lowest BCUT2D eigenvalue weighted by Gasteiger charge is -2.03. The first-order valence-electron chi connectivity index (χ1n) is 7.13. The highest BCUT2D eigenvalue weighted by Gasteiger charge is 2.21. The van der Waals surface area contributed by atoms with E-state index in [1.54, 1.807) is 6.08 Å². The van der Waals surface area contributed by atoms with E-state index in [4.69, 9.17) is 4.74 Å². The van der Waals surface area contributed by atoms with Crippen LogP contribution in [0.2, 0.25) is 0 Å². The number of nitrogens with zero attached hydrogens (tertiary/aromatic N) is 2. The van der Waals surface area contributed by atoms with Crippen molar-refractivity contribution in [1.29, 1.82) is 0 Å². The van der Waals surface area contributed by atoms with E-state index in [2.05, 4.69) is 22.2 Å². The number of allylic oxidation sites excluding steroid dienone is 2. The van der Waals surface area contributed by atoms with Crippen molar-refractivity contribution in [3.05, 3.63) is 42.4 Å². The van der Waals surface area contributed by atoms with Crippen molar-refractivity contribution >= 4 is 28.0 Å². The van der Waals surface area contributed by atoms with Gasteiger partial charge in [0.25, 0.3) is 0 Å². The third-order valence-electron chi connectivity index (χ3n) is 3.75. The number of esters is 1. The highest BCUT2D eigenvalue weighted by Crippen LogP contribution is 2.35. The molecule has 0 amide bonds. The Balaban J connectivity index is 2.11. The number of ether oxygens (including phenoxy) is 1. The third kappa shape index (κ3) is 2.27. The third-order valence-corrected chi connectivity index (χ3v) is 3.75. The second-order valence-corrected chi connectivity index (χ2v) is 5.23. The first kappa shape index (κ1) is 13.6. The molecule has 0 aromatic carbocycles. The maximum absolute atomic E-state index is 11.7. The summed E-state index contributed by atoms with van der Waals surface area (Å²) >= 11 is 0. The molecule has 4 nitrogen and oxygen atoms in total. The van der Waals surface area contributed by atoms with Crippen molar-refractivity contribution in [3.63, 3.8) is 0 Å². The number of pyridine rings is 1. The van der Waals surface area contributed by atoms with E-state index in [0.717, 1.165) is 46.4 Å². The van der Waals surface area contributed by atoms with Crippen LogP contribution in [0.3, 0.4) is 0 Å². The molecule has 21 heavy (non-hydrogen) atoms. The van der Waals surface area contributed by atoms with Gasteiger partial charge in [-0.1, -0.05) is 6.58 Å². The largest absolute Gasteiger partial charge is 0.463 e. The fourth-order valence-corrected chi connectivity index (χ4v) is 2.86.